The van der Waals surface area contributed by atoms with Crippen LogP contribution in [0.2, 0.25) is 0 Å². The van der Waals surface area contributed by atoms with Crippen LogP contribution < -0.4 is 5.32 Å². The smallest absolute Gasteiger partial charge is 0.417 e. The fourth-order valence-corrected chi connectivity index (χ4v) is 0.408. The van der Waals surface area contributed by atoms with Crippen LogP contribution in [0.5, 0.6) is 0 Å². The van der Waals surface area contributed by atoms with Crippen molar-refractivity contribution < 1.29 is 14.3 Å². The number of hydrogen-bond acceptors (Lipinski definition) is 3. The largest absolute Gasteiger partial charge is 0.455 e. The van der Waals surface area contributed by atoms with Gasteiger partial charge in [0.15, 0.2) is 0 Å². The minimum Gasteiger partial charge on any atom is -0.455 e. The van der Waals surface area contributed by atoms with Gasteiger partial charge in [-0.05, 0) is 6.92 Å². The third-order valence-electron chi connectivity index (χ3n) is 0.936. The predicted octanol–water partition coefficient (Wildman–Crippen LogP) is -0.238. The van der Waals surface area contributed by atoms with E-state index in [9.17, 15) is 9.59 Å². The maximum Gasteiger partial charge on any atom is 0.417 e. The summed E-state index contributed by atoms with van der Waals surface area (Å²) in [7, 11) is 0. The van der Waals surface area contributed by atoms with Gasteiger partial charge in [0, 0.05) is 5.57 Å². The van der Waals surface area contributed by atoms with Gasteiger partial charge in [-0.15, -0.1) is 0 Å². The molecule has 1 amide bonds. The monoisotopic (exact) mass is 156 g/mol. The Morgan fingerprint density at radius 2 is 2.36 bits per heavy atom. The quantitative estimate of drug-likeness (QED) is 0.441. The van der Waals surface area contributed by atoms with E-state index in [1.807, 2.05) is 0 Å². The van der Waals surface area contributed by atoms with Gasteiger partial charge in [0.2, 0.25) is 5.91 Å². The van der Waals surface area contributed by atoms with Gasteiger partial charge in [0.1, 0.15) is 6.61 Å². The summed E-state index contributed by atoms with van der Waals surface area (Å²) in [6.07, 6.45) is 0. The van der Waals surface area contributed by atoms with Gasteiger partial charge in [0.25, 0.3) is 0 Å². The molecule has 0 bridgehead atoms. The molecule has 4 nitrogen and oxygen atoms in total. The molecule has 0 spiro atoms. The van der Waals surface area contributed by atoms with E-state index in [4.69, 9.17) is 0 Å². The molecular formula is C7H10NO3. The average Bonchev–Trinajstić information content (AvgIpc) is 1.97. The molecule has 0 aliphatic rings. The predicted molar refractivity (Wildman–Crippen MR) is 39.5 cm³/mol. The molecule has 0 aromatic carbocycles. The Bertz CT molecular complexity index is 165. The van der Waals surface area contributed by atoms with E-state index in [-0.39, 0.29) is 12.5 Å². The zero-order valence-electron chi connectivity index (χ0n) is 6.35. The standard InChI is InChI=1S/C7H10NO3/c1-6(2)7(10)8-3-4-11-5-9/h1,3-4H2,2H3,(H,8,10). The third-order valence-corrected chi connectivity index (χ3v) is 0.936. The number of hydrogen-bond donors (Lipinski definition) is 1. The molecule has 4 heteroatoms. The molecule has 0 saturated carbocycles. The lowest BCUT2D eigenvalue weighted by Crippen LogP contribution is -2.27. The SMILES string of the molecule is C=C(C)C(=O)NCCO[C]=O. The molecule has 0 aromatic rings. The van der Waals surface area contributed by atoms with E-state index in [2.05, 4.69) is 16.6 Å². The normalized spacial score (nSPS) is 8.45. The number of nitrogens with one attached hydrogen (secondary N) is 1. The van der Waals surface area contributed by atoms with Gasteiger partial charge >= 0.3 is 6.47 Å². The molecule has 1 N–H and O–H groups in total. The number of rotatable bonds is 5. The summed E-state index contributed by atoms with van der Waals surface area (Å²) in [5.41, 5.74) is 0.431. The van der Waals surface area contributed by atoms with Crippen LogP contribution in [-0.4, -0.2) is 25.5 Å². The molecule has 1 radical (unpaired) electrons. The maximum absolute atomic E-state index is 10.7. The number of amides is 1. The first-order chi connectivity index (χ1) is 5.18. The summed E-state index contributed by atoms with van der Waals surface area (Å²) in [6.45, 7) is 6.70. The van der Waals surface area contributed by atoms with E-state index >= 15 is 0 Å². The molecular weight excluding hydrogens is 146 g/mol. The molecule has 0 rings (SSSR count). The van der Waals surface area contributed by atoms with Crippen molar-refractivity contribution in [3.63, 3.8) is 0 Å². The summed E-state index contributed by atoms with van der Waals surface area (Å²) in [6, 6.07) is 0. The average molecular weight is 156 g/mol. The lowest BCUT2D eigenvalue weighted by molar-refractivity contribution is -0.117. The summed E-state index contributed by atoms with van der Waals surface area (Å²) >= 11 is 0. The molecule has 0 saturated heterocycles. The van der Waals surface area contributed by atoms with Crippen LogP contribution in [0.15, 0.2) is 12.2 Å². The van der Waals surface area contributed by atoms with Crippen molar-refractivity contribution in [3.05, 3.63) is 12.2 Å². The molecule has 61 valence electrons. The highest BCUT2D eigenvalue weighted by molar-refractivity contribution is 5.92. The van der Waals surface area contributed by atoms with E-state index in [1.54, 1.807) is 6.92 Å². The van der Waals surface area contributed by atoms with Crippen molar-refractivity contribution >= 4 is 12.4 Å². The van der Waals surface area contributed by atoms with Crippen LogP contribution in [0, 0.1) is 0 Å². The van der Waals surface area contributed by atoms with Crippen molar-refractivity contribution in [1.29, 1.82) is 0 Å². The molecule has 11 heavy (non-hydrogen) atoms. The van der Waals surface area contributed by atoms with Gasteiger partial charge in [-0.3, -0.25) is 4.79 Å². The molecule has 0 heterocycles. The van der Waals surface area contributed by atoms with E-state index in [0.29, 0.717) is 12.1 Å². The van der Waals surface area contributed by atoms with Crippen LogP contribution in [0.4, 0.5) is 0 Å². The zero-order valence-corrected chi connectivity index (χ0v) is 6.35. The van der Waals surface area contributed by atoms with Crippen LogP contribution in [-0.2, 0) is 14.3 Å². The second-order valence-electron chi connectivity index (χ2n) is 1.97. The first-order valence-electron chi connectivity index (χ1n) is 3.11. The lowest BCUT2D eigenvalue weighted by Gasteiger charge is -2.01. The second-order valence-corrected chi connectivity index (χ2v) is 1.97. The second kappa shape index (κ2) is 5.46. The maximum atomic E-state index is 10.7. The Balaban J connectivity index is 3.31. The minimum absolute atomic E-state index is 0.141. The molecule has 0 aliphatic carbocycles. The van der Waals surface area contributed by atoms with Crippen molar-refractivity contribution in [2.24, 2.45) is 0 Å². The number of carbonyl (C=O) groups excluding carboxylic acids is 2. The van der Waals surface area contributed by atoms with Crippen LogP contribution in [0.3, 0.4) is 0 Å². The highest BCUT2D eigenvalue weighted by atomic mass is 16.5. The molecule has 0 fully saturated rings. The van der Waals surface area contributed by atoms with Gasteiger partial charge in [0.05, 0.1) is 6.54 Å². The Labute approximate surface area is 65.2 Å². The van der Waals surface area contributed by atoms with Crippen molar-refractivity contribution in [1.82, 2.24) is 5.32 Å². The lowest BCUT2D eigenvalue weighted by atomic mass is 10.3. The fraction of sp³-hybridized carbons (Fsp3) is 0.429. The minimum atomic E-state index is -0.237. The topological polar surface area (TPSA) is 55.4 Å². The Kier molecular flexibility index (Phi) is 4.81. The Morgan fingerprint density at radius 3 is 2.82 bits per heavy atom. The summed E-state index contributed by atoms with van der Waals surface area (Å²) < 4.78 is 4.21. The van der Waals surface area contributed by atoms with E-state index < -0.39 is 0 Å². The van der Waals surface area contributed by atoms with E-state index in [0.717, 1.165) is 0 Å². The number of carbonyl (C=O) groups is 1. The molecule has 0 aliphatic heterocycles. The Hall–Kier alpha value is -1.32. The van der Waals surface area contributed by atoms with Gasteiger partial charge < -0.3 is 10.1 Å². The molecule has 0 unspecified atom stereocenters. The van der Waals surface area contributed by atoms with Crippen molar-refractivity contribution in [2.45, 2.75) is 6.92 Å². The summed E-state index contributed by atoms with van der Waals surface area (Å²) in [4.78, 5) is 20.2. The van der Waals surface area contributed by atoms with Gasteiger partial charge in [-0.1, -0.05) is 6.58 Å². The first kappa shape index (κ1) is 9.68. The third kappa shape index (κ3) is 5.14. The fourth-order valence-electron chi connectivity index (χ4n) is 0.408. The molecule has 0 atom stereocenters. The highest BCUT2D eigenvalue weighted by Gasteiger charge is 1.98. The number of ether oxygens (including phenoxy) is 1. The van der Waals surface area contributed by atoms with E-state index in [1.165, 1.54) is 6.47 Å². The summed E-state index contributed by atoms with van der Waals surface area (Å²) in [5.74, 6) is -0.237. The van der Waals surface area contributed by atoms with Crippen LogP contribution in [0.1, 0.15) is 6.92 Å². The van der Waals surface area contributed by atoms with Gasteiger partial charge in [-0.2, -0.15) is 0 Å². The summed E-state index contributed by atoms with van der Waals surface area (Å²) in [5, 5.41) is 2.47. The van der Waals surface area contributed by atoms with Gasteiger partial charge in [-0.25, -0.2) is 4.79 Å². The van der Waals surface area contributed by atoms with Crippen molar-refractivity contribution in [2.75, 3.05) is 13.2 Å². The van der Waals surface area contributed by atoms with Crippen LogP contribution >= 0.6 is 0 Å². The Morgan fingerprint density at radius 1 is 1.73 bits per heavy atom. The van der Waals surface area contributed by atoms with Crippen LogP contribution in [0.25, 0.3) is 0 Å². The first-order valence-corrected chi connectivity index (χ1v) is 3.11. The van der Waals surface area contributed by atoms with Crippen molar-refractivity contribution in [3.8, 4) is 0 Å². The highest BCUT2D eigenvalue weighted by Crippen LogP contribution is 1.83. The molecule has 0 aromatic heterocycles. The zero-order chi connectivity index (χ0) is 8.69.